The lowest BCUT2D eigenvalue weighted by Gasteiger charge is -2.29. The van der Waals surface area contributed by atoms with Crippen molar-refractivity contribution in [3.63, 3.8) is 0 Å². The average molecular weight is 340 g/mol. The molecule has 1 aliphatic rings. The van der Waals surface area contributed by atoms with E-state index in [0.29, 0.717) is 18.4 Å². The van der Waals surface area contributed by atoms with Gasteiger partial charge in [0.1, 0.15) is 0 Å². The summed E-state index contributed by atoms with van der Waals surface area (Å²) >= 11 is 0. The van der Waals surface area contributed by atoms with Crippen LogP contribution in [-0.2, 0) is 24.3 Å². The second-order valence-electron chi connectivity index (χ2n) is 5.57. The first-order chi connectivity index (χ1) is 10.8. The molecule has 0 unspecified atom stereocenters. The zero-order valence-corrected chi connectivity index (χ0v) is 13.7. The molecule has 23 heavy (non-hydrogen) atoms. The summed E-state index contributed by atoms with van der Waals surface area (Å²) in [5.41, 5.74) is 5.84. The Labute approximate surface area is 135 Å². The highest BCUT2D eigenvalue weighted by atomic mass is 32.2. The van der Waals surface area contributed by atoms with E-state index in [-0.39, 0.29) is 13.1 Å². The third kappa shape index (κ3) is 4.52. The molecule has 1 atom stereocenters. The fourth-order valence-corrected chi connectivity index (χ4v) is 3.43. The molecule has 2 N–H and O–H groups in total. The zero-order valence-electron chi connectivity index (χ0n) is 12.8. The summed E-state index contributed by atoms with van der Waals surface area (Å²) in [6.07, 6.45) is 0.749. The van der Waals surface area contributed by atoms with Crippen LogP contribution in [0.1, 0.15) is 24.5 Å². The third-order valence-electron chi connectivity index (χ3n) is 3.85. The van der Waals surface area contributed by atoms with Crippen LogP contribution in [0.3, 0.4) is 0 Å². The topological polar surface area (TPSA) is 107 Å². The highest BCUT2D eigenvalue weighted by molar-refractivity contribution is 7.88. The Morgan fingerprint density at radius 1 is 1.22 bits per heavy atom. The van der Waals surface area contributed by atoms with Gasteiger partial charge in [0, 0.05) is 18.7 Å². The molecule has 0 saturated carbocycles. The number of esters is 1. The van der Waals surface area contributed by atoms with Crippen molar-refractivity contribution in [1.29, 1.82) is 0 Å². The quantitative estimate of drug-likeness (QED) is 0.782. The molecule has 1 amide bonds. The number of carbonyl (C=O) groups excluding carboxylic acids is 2. The van der Waals surface area contributed by atoms with Gasteiger partial charge >= 0.3 is 5.97 Å². The Kier molecular flexibility index (Phi) is 5.38. The Bertz CT molecular complexity index is 666. The molecule has 7 nitrogen and oxygen atoms in total. The number of hydrogen-bond acceptors (Lipinski definition) is 5. The molecule has 0 aromatic heterocycles. The maximum atomic E-state index is 12.2. The molecular weight excluding hydrogens is 320 g/mol. The van der Waals surface area contributed by atoms with Crippen molar-refractivity contribution >= 4 is 21.9 Å². The molecule has 1 aromatic carbocycles. The summed E-state index contributed by atoms with van der Waals surface area (Å²) < 4.78 is 29.5. The van der Waals surface area contributed by atoms with Crippen LogP contribution in [0.2, 0.25) is 0 Å². The fourth-order valence-electron chi connectivity index (χ4n) is 2.55. The van der Waals surface area contributed by atoms with Gasteiger partial charge < -0.3 is 10.5 Å². The molecule has 0 radical (unpaired) electrons. The average Bonchev–Trinajstić information content (AvgIpc) is 2.52. The van der Waals surface area contributed by atoms with E-state index in [0.717, 1.165) is 6.26 Å². The van der Waals surface area contributed by atoms with Crippen molar-refractivity contribution in [2.75, 3.05) is 19.3 Å². The van der Waals surface area contributed by atoms with Crippen LogP contribution >= 0.6 is 0 Å². The first-order valence-corrected chi connectivity index (χ1v) is 9.13. The van der Waals surface area contributed by atoms with Crippen LogP contribution in [0, 0.1) is 5.92 Å². The summed E-state index contributed by atoms with van der Waals surface area (Å²) in [5.74, 6) is -1.69. The van der Waals surface area contributed by atoms with Crippen molar-refractivity contribution in [1.82, 2.24) is 4.31 Å². The van der Waals surface area contributed by atoms with Gasteiger partial charge in [-0.25, -0.2) is 12.7 Å². The molecule has 8 heteroatoms. The maximum absolute atomic E-state index is 12.2. The number of benzene rings is 1. The number of primary amides is 1. The Morgan fingerprint density at radius 2 is 1.78 bits per heavy atom. The van der Waals surface area contributed by atoms with Gasteiger partial charge in [-0.15, -0.1) is 0 Å². The van der Waals surface area contributed by atoms with E-state index in [1.165, 1.54) is 4.31 Å². The number of carbonyl (C=O) groups is 2. The van der Waals surface area contributed by atoms with E-state index < -0.39 is 33.9 Å². The standard InChI is InChI=1S/C15H20N2O5S/c1-23(20,21)17-9-7-12(8-10-17)15(19)22-13(14(16)18)11-5-3-2-4-6-11/h2-6,12-13H,7-10H2,1H3,(H2,16,18)/t13-/m1/s1. The molecule has 0 aliphatic carbocycles. The first kappa shape index (κ1) is 17.4. The van der Waals surface area contributed by atoms with E-state index >= 15 is 0 Å². The summed E-state index contributed by atoms with van der Waals surface area (Å²) in [7, 11) is -3.25. The fraction of sp³-hybridized carbons (Fsp3) is 0.467. The van der Waals surface area contributed by atoms with E-state index in [1.54, 1.807) is 30.3 Å². The summed E-state index contributed by atoms with van der Waals surface area (Å²) in [6.45, 7) is 0.538. The number of nitrogens with two attached hydrogens (primary N) is 1. The van der Waals surface area contributed by atoms with Crippen molar-refractivity contribution < 1.29 is 22.7 Å². The molecule has 1 aliphatic heterocycles. The molecular formula is C15H20N2O5S. The Morgan fingerprint density at radius 3 is 2.26 bits per heavy atom. The van der Waals surface area contributed by atoms with Gasteiger partial charge in [0.2, 0.25) is 16.1 Å². The van der Waals surface area contributed by atoms with Gasteiger partial charge in [-0.05, 0) is 12.8 Å². The van der Waals surface area contributed by atoms with E-state index in [2.05, 4.69) is 0 Å². The zero-order chi connectivity index (χ0) is 17.0. The van der Waals surface area contributed by atoms with Crippen LogP contribution in [0.5, 0.6) is 0 Å². The molecule has 0 bridgehead atoms. The van der Waals surface area contributed by atoms with Gasteiger partial charge in [-0.3, -0.25) is 9.59 Å². The van der Waals surface area contributed by atoms with Crippen LogP contribution in [0.4, 0.5) is 0 Å². The number of rotatable bonds is 5. The smallest absolute Gasteiger partial charge is 0.310 e. The third-order valence-corrected chi connectivity index (χ3v) is 5.15. The number of hydrogen-bond donors (Lipinski definition) is 1. The molecule has 0 spiro atoms. The Hall–Kier alpha value is -1.93. The number of nitrogens with zero attached hydrogens (tertiary/aromatic N) is 1. The van der Waals surface area contributed by atoms with Gasteiger partial charge in [-0.1, -0.05) is 30.3 Å². The second-order valence-corrected chi connectivity index (χ2v) is 7.55. The lowest BCUT2D eigenvalue weighted by atomic mass is 9.98. The maximum Gasteiger partial charge on any atom is 0.310 e. The number of sulfonamides is 1. The van der Waals surface area contributed by atoms with Crippen molar-refractivity contribution in [2.24, 2.45) is 11.7 Å². The van der Waals surface area contributed by atoms with Crippen molar-refractivity contribution in [3.8, 4) is 0 Å². The molecule has 2 rings (SSSR count). The molecule has 1 heterocycles. The molecule has 126 valence electrons. The van der Waals surface area contributed by atoms with Gasteiger partial charge in [0.15, 0.2) is 0 Å². The second kappa shape index (κ2) is 7.10. The number of amides is 1. The summed E-state index contributed by atoms with van der Waals surface area (Å²) in [4.78, 5) is 23.8. The van der Waals surface area contributed by atoms with E-state index in [9.17, 15) is 18.0 Å². The molecule has 1 aromatic rings. The molecule has 1 fully saturated rings. The van der Waals surface area contributed by atoms with Crippen molar-refractivity contribution in [2.45, 2.75) is 18.9 Å². The minimum atomic E-state index is -3.25. The lowest BCUT2D eigenvalue weighted by Crippen LogP contribution is -2.40. The van der Waals surface area contributed by atoms with E-state index in [4.69, 9.17) is 10.5 Å². The Balaban J connectivity index is 2.00. The van der Waals surface area contributed by atoms with Crippen LogP contribution < -0.4 is 5.73 Å². The SMILES string of the molecule is CS(=O)(=O)N1CCC(C(=O)O[C@@H](C(N)=O)c2ccccc2)CC1. The minimum absolute atomic E-state index is 0.269. The number of ether oxygens (including phenoxy) is 1. The van der Waals surface area contributed by atoms with Crippen molar-refractivity contribution in [3.05, 3.63) is 35.9 Å². The van der Waals surface area contributed by atoms with E-state index in [1.807, 2.05) is 0 Å². The highest BCUT2D eigenvalue weighted by Gasteiger charge is 2.32. The van der Waals surface area contributed by atoms with Crippen LogP contribution in [0.25, 0.3) is 0 Å². The largest absolute Gasteiger partial charge is 0.447 e. The predicted octanol–water partition coefficient (Wildman–Crippen LogP) is 0.428. The van der Waals surface area contributed by atoms with Crippen LogP contribution in [-0.4, -0.2) is 43.9 Å². The van der Waals surface area contributed by atoms with Gasteiger partial charge in [0.25, 0.3) is 5.91 Å². The first-order valence-electron chi connectivity index (χ1n) is 7.29. The number of piperidine rings is 1. The summed E-state index contributed by atoms with van der Waals surface area (Å²) in [6, 6.07) is 8.56. The molecule has 1 saturated heterocycles. The monoisotopic (exact) mass is 340 g/mol. The minimum Gasteiger partial charge on any atom is -0.447 e. The highest BCUT2D eigenvalue weighted by Crippen LogP contribution is 2.24. The van der Waals surface area contributed by atoms with Gasteiger partial charge in [0.05, 0.1) is 12.2 Å². The van der Waals surface area contributed by atoms with Crippen LogP contribution in [0.15, 0.2) is 30.3 Å². The predicted molar refractivity (Wildman–Crippen MR) is 83.6 cm³/mol. The van der Waals surface area contributed by atoms with Gasteiger partial charge in [-0.2, -0.15) is 0 Å². The normalized spacial score (nSPS) is 18.3. The lowest BCUT2D eigenvalue weighted by molar-refractivity contribution is -0.160. The summed E-state index contributed by atoms with van der Waals surface area (Å²) in [5, 5.41) is 0.